The molecule has 0 radical (unpaired) electrons. The van der Waals surface area contributed by atoms with Crippen LogP contribution in [-0.2, 0) is 6.54 Å². The molecule has 0 spiro atoms. The van der Waals surface area contributed by atoms with Crippen LogP contribution in [0, 0.1) is 6.92 Å². The van der Waals surface area contributed by atoms with Crippen LogP contribution in [0.15, 0.2) is 49.1 Å². The van der Waals surface area contributed by atoms with E-state index in [1.54, 1.807) is 6.20 Å². The largest absolute Gasteiger partial charge is 0.335 e. The molecule has 2 aromatic heterocycles. The number of carbonyl (C=O) groups is 1. The molecule has 1 aliphatic heterocycles. The highest BCUT2D eigenvalue weighted by Crippen LogP contribution is 2.23. The van der Waals surface area contributed by atoms with Gasteiger partial charge in [0.2, 0.25) is 0 Å². The fourth-order valence-electron chi connectivity index (χ4n) is 3.46. The quantitative estimate of drug-likeness (QED) is 0.745. The summed E-state index contributed by atoms with van der Waals surface area (Å²) < 4.78 is 2.04. The van der Waals surface area contributed by atoms with Gasteiger partial charge in [-0.1, -0.05) is 6.07 Å². The van der Waals surface area contributed by atoms with Gasteiger partial charge in [0.25, 0.3) is 5.91 Å². The first-order valence-electron chi connectivity index (χ1n) is 8.35. The van der Waals surface area contributed by atoms with Crippen molar-refractivity contribution >= 4 is 16.8 Å². The number of imidazole rings is 1. The maximum Gasteiger partial charge on any atom is 0.254 e. The highest BCUT2D eigenvalue weighted by atomic mass is 16.2. The Morgan fingerprint density at radius 2 is 2.21 bits per heavy atom. The number of nitrogens with zero attached hydrogens (tertiary/aromatic N) is 4. The zero-order chi connectivity index (χ0) is 16.5. The summed E-state index contributed by atoms with van der Waals surface area (Å²) in [5, 5.41) is 1.01. The lowest BCUT2D eigenvalue weighted by Gasteiger charge is -2.25. The van der Waals surface area contributed by atoms with Gasteiger partial charge in [-0.25, -0.2) is 4.98 Å². The van der Waals surface area contributed by atoms with Gasteiger partial charge in [0.1, 0.15) is 0 Å². The number of benzene rings is 1. The molecule has 1 aromatic carbocycles. The summed E-state index contributed by atoms with van der Waals surface area (Å²) >= 11 is 0. The van der Waals surface area contributed by atoms with Crippen LogP contribution in [0.5, 0.6) is 0 Å². The summed E-state index contributed by atoms with van der Waals surface area (Å²) in [5.74, 6) is 0.111. The number of likely N-dealkylation sites (tertiary alicyclic amines) is 1. The van der Waals surface area contributed by atoms with E-state index in [1.165, 1.54) is 0 Å². The molecule has 4 rings (SSSR count). The van der Waals surface area contributed by atoms with Crippen molar-refractivity contribution in [2.75, 3.05) is 6.54 Å². The summed E-state index contributed by atoms with van der Waals surface area (Å²) in [6, 6.07) is 10.0. The van der Waals surface area contributed by atoms with Crippen molar-refractivity contribution in [2.24, 2.45) is 0 Å². The van der Waals surface area contributed by atoms with E-state index in [2.05, 4.69) is 9.97 Å². The first-order valence-corrected chi connectivity index (χ1v) is 8.35. The van der Waals surface area contributed by atoms with Crippen molar-refractivity contribution in [1.82, 2.24) is 19.4 Å². The Kier molecular flexibility index (Phi) is 3.76. The summed E-state index contributed by atoms with van der Waals surface area (Å²) in [4.78, 5) is 23.6. The third kappa shape index (κ3) is 2.77. The second-order valence-electron chi connectivity index (χ2n) is 6.41. The van der Waals surface area contributed by atoms with Crippen molar-refractivity contribution < 1.29 is 4.79 Å². The number of hydrogen-bond acceptors (Lipinski definition) is 3. The van der Waals surface area contributed by atoms with E-state index in [1.807, 2.05) is 59.2 Å². The number of aromatic nitrogens is 3. The van der Waals surface area contributed by atoms with E-state index >= 15 is 0 Å². The van der Waals surface area contributed by atoms with Crippen LogP contribution in [-0.4, -0.2) is 37.9 Å². The van der Waals surface area contributed by atoms with E-state index in [0.29, 0.717) is 0 Å². The molecule has 5 heteroatoms. The molecule has 5 nitrogen and oxygen atoms in total. The van der Waals surface area contributed by atoms with Crippen molar-refractivity contribution in [1.29, 1.82) is 0 Å². The number of hydrogen-bond donors (Lipinski definition) is 0. The minimum atomic E-state index is 0.111. The monoisotopic (exact) mass is 320 g/mol. The second kappa shape index (κ2) is 6.07. The number of rotatable bonds is 3. The SMILES string of the molecule is Cc1ccc2cc(C(=O)N3CCC[C@H]3Cn3ccnc3)ccc2n1. The first kappa shape index (κ1) is 14.9. The standard InChI is InChI=1S/C19H20N4O/c1-14-4-5-15-11-16(6-7-18(15)21-14)19(24)23-9-2-3-17(23)12-22-10-8-20-13-22/h4-8,10-11,13,17H,2-3,9,12H2,1H3/t17-/m0/s1. The van der Waals surface area contributed by atoms with Crippen LogP contribution in [0.2, 0.25) is 0 Å². The molecule has 1 aliphatic rings. The summed E-state index contributed by atoms with van der Waals surface area (Å²) in [5.41, 5.74) is 2.66. The Hall–Kier alpha value is -2.69. The van der Waals surface area contributed by atoms with E-state index < -0.39 is 0 Å². The van der Waals surface area contributed by atoms with Crippen LogP contribution in [0.1, 0.15) is 28.9 Å². The molecule has 1 saturated heterocycles. The molecule has 0 unspecified atom stereocenters. The molecule has 0 N–H and O–H groups in total. The van der Waals surface area contributed by atoms with Crippen LogP contribution >= 0.6 is 0 Å². The lowest BCUT2D eigenvalue weighted by Crippen LogP contribution is -2.37. The molecule has 3 heterocycles. The topological polar surface area (TPSA) is 51.0 Å². The molecule has 1 atom stereocenters. The Labute approximate surface area is 140 Å². The van der Waals surface area contributed by atoms with Gasteiger partial charge in [-0.15, -0.1) is 0 Å². The van der Waals surface area contributed by atoms with Gasteiger partial charge in [0.15, 0.2) is 0 Å². The smallest absolute Gasteiger partial charge is 0.254 e. The van der Waals surface area contributed by atoms with Crippen LogP contribution in [0.3, 0.4) is 0 Å². The number of amides is 1. The zero-order valence-electron chi connectivity index (χ0n) is 13.7. The number of fused-ring (bicyclic) bond motifs is 1. The Morgan fingerprint density at radius 3 is 3.04 bits per heavy atom. The molecule has 3 aromatic rings. The van der Waals surface area contributed by atoms with Crippen LogP contribution in [0.25, 0.3) is 10.9 Å². The average molecular weight is 320 g/mol. The van der Waals surface area contributed by atoms with Gasteiger partial charge in [-0.2, -0.15) is 0 Å². The molecule has 24 heavy (non-hydrogen) atoms. The zero-order valence-corrected chi connectivity index (χ0v) is 13.7. The molecule has 0 bridgehead atoms. The minimum Gasteiger partial charge on any atom is -0.335 e. The fraction of sp³-hybridized carbons (Fsp3) is 0.316. The number of aryl methyl sites for hydroxylation is 1. The second-order valence-corrected chi connectivity index (χ2v) is 6.41. The van der Waals surface area contributed by atoms with Crippen molar-refractivity contribution in [3.05, 3.63) is 60.3 Å². The molecule has 122 valence electrons. The van der Waals surface area contributed by atoms with Gasteiger partial charge in [0, 0.05) is 48.2 Å². The summed E-state index contributed by atoms with van der Waals surface area (Å²) in [7, 11) is 0. The molecule has 1 fully saturated rings. The average Bonchev–Trinajstić information content (AvgIpc) is 3.26. The van der Waals surface area contributed by atoms with Gasteiger partial charge in [-0.3, -0.25) is 9.78 Å². The number of pyridine rings is 1. The molecule has 0 aliphatic carbocycles. The Morgan fingerprint density at radius 1 is 1.29 bits per heavy atom. The number of carbonyl (C=O) groups excluding carboxylic acids is 1. The predicted octanol–water partition coefficient (Wildman–Crippen LogP) is 3.04. The van der Waals surface area contributed by atoms with Crippen molar-refractivity contribution in [3.8, 4) is 0 Å². The normalized spacial score (nSPS) is 17.5. The Bertz CT molecular complexity index is 872. The van der Waals surface area contributed by atoms with Crippen molar-refractivity contribution in [3.63, 3.8) is 0 Å². The lowest BCUT2D eigenvalue weighted by molar-refractivity contribution is 0.0724. The Balaban J connectivity index is 1.59. The van der Waals surface area contributed by atoms with E-state index in [-0.39, 0.29) is 11.9 Å². The highest BCUT2D eigenvalue weighted by Gasteiger charge is 2.29. The summed E-state index contributed by atoms with van der Waals surface area (Å²) in [6.45, 7) is 3.60. The summed E-state index contributed by atoms with van der Waals surface area (Å²) in [6.07, 6.45) is 7.63. The first-order chi connectivity index (χ1) is 11.7. The predicted molar refractivity (Wildman–Crippen MR) is 92.8 cm³/mol. The van der Waals surface area contributed by atoms with Crippen LogP contribution < -0.4 is 0 Å². The fourth-order valence-corrected chi connectivity index (χ4v) is 3.46. The third-order valence-corrected chi connectivity index (χ3v) is 4.69. The lowest BCUT2D eigenvalue weighted by atomic mass is 10.1. The molecule has 0 saturated carbocycles. The third-order valence-electron chi connectivity index (χ3n) is 4.69. The maximum atomic E-state index is 13.0. The van der Waals surface area contributed by atoms with Gasteiger partial charge in [-0.05, 0) is 44.0 Å². The van der Waals surface area contributed by atoms with E-state index in [4.69, 9.17) is 0 Å². The highest BCUT2D eigenvalue weighted by molar-refractivity contribution is 5.98. The van der Waals surface area contributed by atoms with E-state index in [9.17, 15) is 4.79 Å². The van der Waals surface area contributed by atoms with Gasteiger partial charge >= 0.3 is 0 Å². The maximum absolute atomic E-state index is 13.0. The molecular weight excluding hydrogens is 300 g/mol. The molecule has 1 amide bonds. The van der Waals surface area contributed by atoms with Crippen LogP contribution in [0.4, 0.5) is 0 Å². The molecular formula is C19H20N4O. The minimum absolute atomic E-state index is 0.111. The van der Waals surface area contributed by atoms with Gasteiger partial charge < -0.3 is 9.47 Å². The van der Waals surface area contributed by atoms with Gasteiger partial charge in [0.05, 0.1) is 11.8 Å². The van der Waals surface area contributed by atoms with E-state index in [0.717, 1.165) is 48.1 Å². The van der Waals surface area contributed by atoms with Crippen molar-refractivity contribution in [2.45, 2.75) is 32.4 Å².